The second-order valence-corrected chi connectivity index (χ2v) is 6.74. The van der Waals surface area contributed by atoms with Crippen LogP contribution >= 0.6 is 0 Å². The van der Waals surface area contributed by atoms with Crippen LogP contribution in [0.25, 0.3) is 0 Å². The lowest BCUT2D eigenvalue weighted by molar-refractivity contribution is -0.115. The fourth-order valence-corrected chi connectivity index (χ4v) is 3.43. The van der Waals surface area contributed by atoms with E-state index in [1.165, 1.54) is 43.2 Å². The zero-order valence-electron chi connectivity index (χ0n) is 14.4. The normalized spacial score (nSPS) is 17.0. The first-order valence-electron chi connectivity index (χ1n) is 8.81. The van der Waals surface area contributed by atoms with Gasteiger partial charge in [0.25, 0.3) is 0 Å². The van der Waals surface area contributed by atoms with E-state index in [0.29, 0.717) is 12.5 Å². The Labute approximate surface area is 139 Å². The fourth-order valence-electron chi connectivity index (χ4n) is 3.43. The van der Waals surface area contributed by atoms with Crippen LogP contribution < -0.4 is 10.6 Å². The summed E-state index contributed by atoms with van der Waals surface area (Å²) >= 11 is 0. The highest BCUT2D eigenvalue weighted by Gasteiger charge is 2.23. The molecule has 0 spiro atoms. The maximum atomic E-state index is 12.2. The molecule has 128 valence electrons. The molecule has 4 heteroatoms. The second kappa shape index (κ2) is 9.04. The molecule has 1 aliphatic rings. The minimum absolute atomic E-state index is 0.0213. The third-order valence-electron chi connectivity index (χ3n) is 4.97. The SMILES string of the molecule is Cc1ccc(NC(=O)CN[C@H](CCO)C2CCCCC2)cc1C. The number of aliphatic hydroxyl groups is 1. The van der Waals surface area contributed by atoms with Crippen LogP contribution in [-0.4, -0.2) is 30.2 Å². The van der Waals surface area contributed by atoms with Crippen molar-refractivity contribution in [1.29, 1.82) is 0 Å². The number of carbonyl (C=O) groups excluding carboxylic acids is 1. The van der Waals surface area contributed by atoms with Gasteiger partial charge in [-0.3, -0.25) is 4.79 Å². The molecule has 0 unspecified atom stereocenters. The van der Waals surface area contributed by atoms with Crippen molar-refractivity contribution in [3.8, 4) is 0 Å². The molecule has 2 rings (SSSR count). The lowest BCUT2D eigenvalue weighted by atomic mass is 9.83. The van der Waals surface area contributed by atoms with Crippen molar-refractivity contribution in [1.82, 2.24) is 5.32 Å². The monoisotopic (exact) mass is 318 g/mol. The van der Waals surface area contributed by atoms with Crippen LogP contribution in [0.4, 0.5) is 5.69 Å². The van der Waals surface area contributed by atoms with Gasteiger partial charge in [-0.1, -0.05) is 25.3 Å². The number of nitrogens with one attached hydrogen (secondary N) is 2. The molecular weight excluding hydrogens is 288 g/mol. The molecule has 1 atom stereocenters. The maximum absolute atomic E-state index is 12.2. The molecule has 1 aliphatic carbocycles. The summed E-state index contributed by atoms with van der Waals surface area (Å²) in [6.07, 6.45) is 6.98. The molecular formula is C19H30N2O2. The van der Waals surface area contributed by atoms with Gasteiger partial charge in [-0.15, -0.1) is 0 Å². The van der Waals surface area contributed by atoms with Gasteiger partial charge in [0.2, 0.25) is 5.91 Å². The summed E-state index contributed by atoms with van der Waals surface area (Å²) in [5.74, 6) is 0.567. The lowest BCUT2D eigenvalue weighted by Crippen LogP contribution is -2.42. The maximum Gasteiger partial charge on any atom is 0.238 e. The van der Waals surface area contributed by atoms with Crippen molar-refractivity contribution >= 4 is 11.6 Å². The number of hydrogen-bond acceptors (Lipinski definition) is 3. The van der Waals surface area contributed by atoms with Gasteiger partial charge in [-0.2, -0.15) is 0 Å². The van der Waals surface area contributed by atoms with Gasteiger partial charge in [0, 0.05) is 18.3 Å². The Balaban J connectivity index is 1.84. The number of carbonyl (C=O) groups is 1. The molecule has 1 amide bonds. The Morgan fingerprint density at radius 2 is 1.96 bits per heavy atom. The Hall–Kier alpha value is -1.39. The van der Waals surface area contributed by atoms with Crippen LogP contribution in [0.1, 0.15) is 49.7 Å². The first-order valence-corrected chi connectivity index (χ1v) is 8.81. The largest absolute Gasteiger partial charge is 0.396 e. The van der Waals surface area contributed by atoms with Gasteiger partial charge < -0.3 is 15.7 Å². The third kappa shape index (κ3) is 5.63. The minimum Gasteiger partial charge on any atom is -0.396 e. The summed E-state index contributed by atoms with van der Waals surface area (Å²) in [5.41, 5.74) is 3.24. The first-order chi connectivity index (χ1) is 11.1. The summed E-state index contributed by atoms with van der Waals surface area (Å²) in [7, 11) is 0. The topological polar surface area (TPSA) is 61.4 Å². The summed E-state index contributed by atoms with van der Waals surface area (Å²) in [4.78, 5) is 12.2. The Kier molecular flexibility index (Phi) is 7.06. The van der Waals surface area contributed by atoms with Crippen LogP contribution in [-0.2, 0) is 4.79 Å². The molecule has 0 saturated heterocycles. The summed E-state index contributed by atoms with van der Waals surface area (Å²) in [6, 6.07) is 6.20. The molecule has 0 bridgehead atoms. The van der Waals surface area contributed by atoms with Crippen LogP contribution in [0.2, 0.25) is 0 Å². The van der Waals surface area contributed by atoms with E-state index in [-0.39, 0.29) is 18.6 Å². The van der Waals surface area contributed by atoms with Crippen molar-refractivity contribution in [3.05, 3.63) is 29.3 Å². The molecule has 4 nitrogen and oxygen atoms in total. The van der Waals surface area contributed by atoms with Crippen LogP contribution in [0, 0.1) is 19.8 Å². The van der Waals surface area contributed by atoms with E-state index in [9.17, 15) is 9.90 Å². The predicted molar refractivity (Wildman–Crippen MR) is 94.6 cm³/mol. The lowest BCUT2D eigenvalue weighted by Gasteiger charge is -2.30. The van der Waals surface area contributed by atoms with Gasteiger partial charge in [-0.25, -0.2) is 0 Å². The van der Waals surface area contributed by atoms with Crippen molar-refractivity contribution in [3.63, 3.8) is 0 Å². The number of hydrogen-bond donors (Lipinski definition) is 3. The molecule has 1 saturated carbocycles. The highest BCUT2D eigenvalue weighted by Crippen LogP contribution is 2.27. The Morgan fingerprint density at radius 3 is 2.61 bits per heavy atom. The van der Waals surface area contributed by atoms with Crippen LogP contribution in [0.5, 0.6) is 0 Å². The average molecular weight is 318 g/mol. The Bertz CT molecular complexity index is 510. The second-order valence-electron chi connectivity index (χ2n) is 6.74. The van der Waals surface area contributed by atoms with E-state index in [2.05, 4.69) is 17.6 Å². The highest BCUT2D eigenvalue weighted by molar-refractivity contribution is 5.92. The van der Waals surface area contributed by atoms with E-state index in [1.54, 1.807) is 0 Å². The number of rotatable bonds is 7. The van der Waals surface area contributed by atoms with E-state index >= 15 is 0 Å². The fraction of sp³-hybridized carbons (Fsp3) is 0.632. The highest BCUT2D eigenvalue weighted by atomic mass is 16.3. The molecule has 1 fully saturated rings. The van der Waals surface area contributed by atoms with Gasteiger partial charge in [-0.05, 0) is 62.3 Å². The van der Waals surface area contributed by atoms with Crippen molar-refractivity contribution < 1.29 is 9.90 Å². The van der Waals surface area contributed by atoms with E-state index < -0.39 is 0 Å². The molecule has 0 radical (unpaired) electrons. The summed E-state index contributed by atoms with van der Waals surface area (Å²) < 4.78 is 0. The van der Waals surface area contributed by atoms with Crippen molar-refractivity contribution in [2.45, 2.75) is 58.4 Å². The average Bonchev–Trinajstić information content (AvgIpc) is 2.56. The molecule has 3 N–H and O–H groups in total. The quantitative estimate of drug-likeness (QED) is 0.724. The van der Waals surface area contributed by atoms with E-state index in [1.807, 2.05) is 25.1 Å². The van der Waals surface area contributed by atoms with Gasteiger partial charge in [0.05, 0.1) is 6.54 Å². The third-order valence-corrected chi connectivity index (χ3v) is 4.97. The number of benzene rings is 1. The zero-order valence-corrected chi connectivity index (χ0v) is 14.4. The number of amides is 1. The first kappa shape index (κ1) is 18.0. The van der Waals surface area contributed by atoms with Gasteiger partial charge in [0.15, 0.2) is 0 Å². The van der Waals surface area contributed by atoms with Gasteiger partial charge in [0.1, 0.15) is 0 Å². The standard InChI is InChI=1S/C19H30N2O2/c1-14-8-9-17(12-15(14)2)21-19(23)13-20-18(10-11-22)16-6-4-3-5-7-16/h8-9,12,16,18,20,22H,3-7,10-11,13H2,1-2H3,(H,21,23)/t18-/m1/s1. The number of aliphatic hydroxyl groups excluding tert-OH is 1. The van der Waals surface area contributed by atoms with Crippen LogP contribution in [0.3, 0.4) is 0 Å². The van der Waals surface area contributed by atoms with Crippen molar-refractivity contribution in [2.24, 2.45) is 5.92 Å². The minimum atomic E-state index is -0.0213. The van der Waals surface area contributed by atoms with Crippen molar-refractivity contribution in [2.75, 3.05) is 18.5 Å². The summed E-state index contributed by atoms with van der Waals surface area (Å²) in [6.45, 7) is 4.58. The molecule has 0 heterocycles. The zero-order chi connectivity index (χ0) is 16.7. The number of anilines is 1. The van der Waals surface area contributed by atoms with E-state index in [4.69, 9.17) is 0 Å². The molecule has 23 heavy (non-hydrogen) atoms. The smallest absolute Gasteiger partial charge is 0.238 e. The van der Waals surface area contributed by atoms with E-state index in [0.717, 1.165) is 12.1 Å². The summed E-state index contributed by atoms with van der Waals surface area (Å²) in [5, 5.41) is 15.6. The number of aryl methyl sites for hydroxylation is 2. The predicted octanol–water partition coefficient (Wildman–Crippen LogP) is 3.16. The molecule has 1 aromatic carbocycles. The van der Waals surface area contributed by atoms with Crippen LogP contribution in [0.15, 0.2) is 18.2 Å². The Morgan fingerprint density at radius 1 is 1.22 bits per heavy atom. The molecule has 0 aliphatic heterocycles. The van der Waals surface area contributed by atoms with Gasteiger partial charge >= 0.3 is 0 Å². The molecule has 1 aromatic rings. The molecule has 0 aromatic heterocycles.